The molecule has 2 aliphatic rings. The van der Waals surface area contributed by atoms with Gasteiger partial charge in [0.1, 0.15) is 5.82 Å². The van der Waals surface area contributed by atoms with E-state index in [0.29, 0.717) is 15.9 Å². The summed E-state index contributed by atoms with van der Waals surface area (Å²) in [5, 5.41) is 3.47. The number of hydrogen-bond donors (Lipinski definition) is 1. The first kappa shape index (κ1) is 17.2. The Hall–Kier alpha value is -0.160. The van der Waals surface area contributed by atoms with Crippen molar-refractivity contribution in [3.63, 3.8) is 0 Å². The monoisotopic (exact) mass is 376 g/mol. The highest BCUT2D eigenvalue weighted by Gasteiger charge is 2.35. The van der Waals surface area contributed by atoms with E-state index in [-0.39, 0.29) is 18.2 Å². The zero-order valence-electron chi connectivity index (χ0n) is 12.4. The summed E-state index contributed by atoms with van der Waals surface area (Å²) in [5.41, 5.74) is 1.49. The smallest absolute Gasteiger partial charge is 0.137 e. The Morgan fingerprint density at radius 1 is 1.48 bits per heavy atom. The lowest BCUT2D eigenvalue weighted by Gasteiger charge is -2.33. The van der Waals surface area contributed by atoms with Crippen LogP contribution < -0.4 is 5.32 Å². The Morgan fingerprint density at radius 3 is 2.95 bits per heavy atom. The van der Waals surface area contributed by atoms with Crippen molar-refractivity contribution in [2.45, 2.75) is 32.2 Å². The van der Waals surface area contributed by atoms with Gasteiger partial charge in [0.25, 0.3) is 0 Å². The van der Waals surface area contributed by atoms with E-state index in [1.54, 1.807) is 6.07 Å². The molecule has 0 aromatic heterocycles. The highest BCUT2D eigenvalue weighted by atomic mass is 79.9. The molecular formula is C16H23BrClFN2. The molecule has 2 heterocycles. The van der Waals surface area contributed by atoms with Gasteiger partial charge in [0, 0.05) is 19.1 Å². The fourth-order valence-corrected chi connectivity index (χ4v) is 3.85. The SMILES string of the molecule is CC1(CN2CCCC2c2ccc(Br)c(F)c2)CCNC1.Cl. The van der Waals surface area contributed by atoms with Crippen LogP contribution in [0.5, 0.6) is 0 Å². The Labute approximate surface area is 141 Å². The Bertz CT molecular complexity index is 491. The third kappa shape index (κ3) is 3.79. The van der Waals surface area contributed by atoms with Gasteiger partial charge in [0.15, 0.2) is 0 Å². The molecule has 21 heavy (non-hydrogen) atoms. The van der Waals surface area contributed by atoms with Gasteiger partial charge in [-0.05, 0) is 71.4 Å². The van der Waals surface area contributed by atoms with Gasteiger partial charge in [0.05, 0.1) is 4.47 Å². The molecule has 3 rings (SSSR count). The topological polar surface area (TPSA) is 15.3 Å². The molecular weight excluding hydrogens is 355 g/mol. The number of halogens is 3. The first-order valence-electron chi connectivity index (χ1n) is 7.47. The molecule has 1 N–H and O–H groups in total. The van der Waals surface area contributed by atoms with E-state index < -0.39 is 0 Å². The highest BCUT2D eigenvalue weighted by Crippen LogP contribution is 2.37. The second-order valence-corrected chi connectivity index (χ2v) is 7.39. The maximum absolute atomic E-state index is 13.8. The molecule has 2 saturated heterocycles. The molecule has 2 unspecified atom stereocenters. The largest absolute Gasteiger partial charge is 0.316 e. The molecule has 1 aromatic rings. The second-order valence-electron chi connectivity index (χ2n) is 6.54. The summed E-state index contributed by atoms with van der Waals surface area (Å²) in [6, 6.07) is 5.98. The molecule has 5 heteroatoms. The van der Waals surface area contributed by atoms with Crippen LogP contribution in [0.1, 0.15) is 37.8 Å². The van der Waals surface area contributed by atoms with Crippen molar-refractivity contribution in [3.05, 3.63) is 34.1 Å². The van der Waals surface area contributed by atoms with Crippen molar-refractivity contribution < 1.29 is 4.39 Å². The van der Waals surface area contributed by atoms with Crippen molar-refractivity contribution in [2.75, 3.05) is 26.2 Å². The summed E-state index contributed by atoms with van der Waals surface area (Å²) in [6.45, 7) is 6.84. The molecule has 0 spiro atoms. The van der Waals surface area contributed by atoms with Gasteiger partial charge in [-0.25, -0.2) is 4.39 Å². The third-order valence-electron chi connectivity index (χ3n) is 4.73. The molecule has 1 aromatic carbocycles. The van der Waals surface area contributed by atoms with Crippen molar-refractivity contribution in [2.24, 2.45) is 5.41 Å². The number of likely N-dealkylation sites (tertiary alicyclic amines) is 1. The predicted molar refractivity (Wildman–Crippen MR) is 90.5 cm³/mol. The molecule has 0 bridgehead atoms. The van der Waals surface area contributed by atoms with Crippen LogP contribution in [-0.2, 0) is 0 Å². The van der Waals surface area contributed by atoms with E-state index in [1.165, 1.54) is 12.8 Å². The second kappa shape index (κ2) is 6.95. The normalized spacial score (nSPS) is 29.6. The maximum Gasteiger partial charge on any atom is 0.137 e. The quantitative estimate of drug-likeness (QED) is 0.851. The van der Waals surface area contributed by atoms with Crippen molar-refractivity contribution in [1.29, 1.82) is 0 Å². The molecule has 0 amide bonds. The summed E-state index contributed by atoms with van der Waals surface area (Å²) in [7, 11) is 0. The van der Waals surface area contributed by atoms with Gasteiger partial charge in [0.2, 0.25) is 0 Å². The lowest BCUT2D eigenvalue weighted by Crippen LogP contribution is -2.37. The molecule has 0 radical (unpaired) electrons. The Morgan fingerprint density at radius 2 is 2.29 bits per heavy atom. The lowest BCUT2D eigenvalue weighted by atomic mass is 9.88. The van der Waals surface area contributed by atoms with E-state index in [1.807, 2.05) is 6.07 Å². The van der Waals surface area contributed by atoms with Crippen molar-refractivity contribution in [1.82, 2.24) is 10.2 Å². The van der Waals surface area contributed by atoms with E-state index in [2.05, 4.69) is 39.1 Å². The summed E-state index contributed by atoms with van der Waals surface area (Å²) in [5.74, 6) is -0.150. The van der Waals surface area contributed by atoms with Crippen LogP contribution in [0.3, 0.4) is 0 Å². The van der Waals surface area contributed by atoms with E-state index in [9.17, 15) is 4.39 Å². The average Bonchev–Trinajstić information content (AvgIpc) is 3.03. The van der Waals surface area contributed by atoms with Crippen LogP contribution in [0.4, 0.5) is 4.39 Å². The Balaban J connectivity index is 0.00000161. The molecule has 0 aliphatic carbocycles. The number of hydrogen-bond acceptors (Lipinski definition) is 2. The molecule has 0 saturated carbocycles. The van der Waals surface area contributed by atoms with Crippen LogP contribution in [0, 0.1) is 11.2 Å². The molecule has 2 aliphatic heterocycles. The fourth-order valence-electron chi connectivity index (χ4n) is 3.61. The number of nitrogens with one attached hydrogen (secondary N) is 1. The third-order valence-corrected chi connectivity index (χ3v) is 5.38. The lowest BCUT2D eigenvalue weighted by molar-refractivity contribution is 0.165. The summed E-state index contributed by atoms with van der Waals surface area (Å²) in [6.07, 6.45) is 3.60. The van der Waals surface area contributed by atoms with Gasteiger partial charge >= 0.3 is 0 Å². The van der Waals surface area contributed by atoms with Crippen LogP contribution in [0.15, 0.2) is 22.7 Å². The predicted octanol–water partition coefficient (Wildman–Crippen LogP) is 4.15. The zero-order valence-corrected chi connectivity index (χ0v) is 14.8. The number of rotatable bonds is 3. The standard InChI is InChI=1S/C16H22BrFN2.ClH/c1-16(6-7-19-10-16)11-20-8-2-3-15(20)12-4-5-13(17)14(18)9-12;/h4-5,9,15,19H,2-3,6-8,10-11H2,1H3;1H. The molecule has 118 valence electrons. The molecule has 2 atom stereocenters. The average molecular weight is 378 g/mol. The van der Waals surface area contributed by atoms with E-state index in [0.717, 1.165) is 38.2 Å². The summed E-state index contributed by atoms with van der Waals surface area (Å²) >= 11 is 3.24. The van der Waals surface area contributed by atoms with Crippen LogP contribution in [0.2, 0.25) is 0 Å². The number of benzene rings is 1. The van der Waals surface area contributed by atoms with Crippen LogP contribution in [0.25, 0.3) is 0 Å². The molecule has 2 nitrogen and oxygen atoms in total. The van der Waals surface area contributed by atoms with Crippen LogP contribution in [-0.4, -0.2) is 31.1 Å². The maximum atomic E-state index is 13.8. The first-order valence-corrected chi connectivity index (χ1v) is 8.26. The van der Waals surface area contributed by atoms with Gasteiger partial charge in [-0.3, -0.25) is 4.90 Å². The fraction of sp³-hybridized carbons (Fsp3) is 0.625. The van der Waals surface area contributed by atoms with Gasteiger partial charge < -0.3 is 5.32 Å². The molecule has 2 fully saturated rings. The highest BCUT2D eigenvalue weighted by molar-refractivity contribution is 9.10. The van der Waals surface area contributed by atoms with Crippen molar-refractivity contribution in [3.8, 4) is 0 Å². The van der Waals surface area contributed by atoms with E-state index in [4.69, 9.17) is 0 Å². The van der Waals surface area contributed by atoms with Crippen molar-refractivity contribution >= 4 is 28.3 Å². The van der Waals surface area contributed by atoms with Gasteiger partial charge in [-0.2, -0.15) is 0 Å². The Kier molecular flexibility index (Phi) is 5.69. The zero-order chi connectivity index (χ0) is 14.2. The van der Waals surface area contributed by atoms with E-state index >= 15 is 0 Å². The summed E-state index contributed by atoms with van der Waals surface area (Å²) < 4.78 is 14.3. The minimum atomic E-state index is -0.150. The summed E-state index contributed by atoms with van der Waals surface area (Å²) in [4.78, 5) is 2.55. The minimum Gasteiger partial charge on any atom is -0.316 e. The first-order chi connectivity index (χ1) is 9.57. The minimum absolute atomic E-state index is 0. The van der Waals surface area contributed by atoms with Crippen LogP contribution >= 0.6 is 28.3 Å². The number of nitrogens with zero attached hydrogens (tertiary/aromatic N) is 1. The van der Waals surface area contributed by atoms with Gasteiger partial charge in [-0.1, -0.05) is 13.0 Å². The van der Waals surface area contributed by atoms with Gasteiger partial charge in [-0.15, -0.1) is 12.4 Å².